The van der Waals surface area contributed by atoms with Gasteiger partial charge in [0.05, 0.1) is 12.6 Å². The molecule has 0 bridgehead atoms. The molecule has 0 aliphatic carbocycles. The Kier molecular flexibility index (Phi) is 11.1. The topological polar surface area (TPSA) is 63.5 Å². The Bertz CT molecular complexity index is 899. The van der Waals surface area contributed by atoms with Crippen LogP contribution >= 0.6 is 24.0 Å². The lowest BCUT2D eigenvalue weighted by molar-refractivity contribution is 0.0646. The molecule has 1 unspecified atom stereocenters. The van der Waals surface area contributed by atoms with Crippen LogP contribution in [0.2, 0.25) is 0 Å². The maximum Gasteiger partial charge on any atom is 0.191 e. The Morgan fingerprint density at radius 3 is 2.48 bits per heavy atom. The molecule has 1 aromatic heterocycles. The third-order valence-electron chi connectivity index (χ3n) is 4.93. The molecule has 0 amide bonds. The standard InChI is InChI=1S/C24H31N5O.HI/c1-20(21-10-4-3-5-11-21)30-17-9-14-26-24(25-2)27-18-22-12-6-7-13-23(22)19-29-16-8-15-28-29;/h3-8,10-13,15-16,20H,9,14,17-19H2,1-2H3,(H2,25,26,27);1H. The number of nitrogens with one attached hydrogen (secondary N) is 2. The van der Waals surface area contributed by atoms with Gasteiger partial charge < -0.3 is 15.4 Å². The first-order valence-electron chi connectivity index (χ1n) is 10.4. The Labute approximate surface area is 202 Å². The Morgan fingerprint density at radius 2 is 1.77 bits per heavy atom. The summed E-state index contributed by atoms with van der Waals surface area (Å²) in [5, 5.41) is 11.1. The second-order valence-electron chi connectivity index (χ2n) is 7.10. The minimum absolute atomic E-state index is 0. The lowest BCUT2D eigenvalue weighted by Gasteiger charge is -2.16. The van der Waals surface area contributed by atoms with Crippen molar-refractivity contribution in [1.29, 1.82) is 0 Å². The summed E-state index contributed by atoms with van der Waals surface area (Å²) in [5.41, 5.74) is 3.68. The molecule has 0 saturated heterocycles. The van der Waals surface area contributed by atoms with Crippen molar-refractivity contribution in [2.24, 2.45) is 4.99 Å². The van der Waals surface area contributed by atoms with Crippen LogP contribution in [0.4, 0.5) is 0 Å². The number of halogens is 1. The number of aliphatic imine (C=N–C) groups is 1. The maximum absolute atomic E-state index is 5.93. The zero-order valence-electron chi connectivity index (χ0n) is 18.2. The van der Waals surface area contributed by atoms with E-state index in [2.05, 4.69) is 64.0 Å². The van der Waals surface area contributed by atoms with Crippen LogP contribution in [-0.4, -0.2) is 35.9 Å². The third-order valence-corrected chi connectivity index (χ3v) is 4.93. The van der Waals surface area contributed by atoms with Crippen LogP contribution in [0.25, 0.3) is 0 Å². The first-order chi connectivity index (χ1) is 14.8. The van der Waals surface area contributed by atoms with Crippen molar-refractivity contribution in [3.8, 4) is 0 Å². The fraction of sp³-hybridized carbons (Fsp3) is 0.333. The van der Waals surface area contributed by atoms with Gasteiger partial charge in [-0.25, -0.2) is 0 Å². The van der Waals surface area contributed by atoms with E-state index >= 15 is 0 Å². The van der Waals surface area contributed by atoms with Crippen LogP contribution in [-0.2, 0) is 17.8 Å². The molecule has 1 heterocycles. The number of nitrogens with zero attached hydrogens (tertiary/aromatic N) is 3. The van der Waals surface area contributed by atoms with Gasteiger partial charge in [0, 0.05) is 39.1 Å². The van der Waals surface area contributed by atoms with Crippen molar-refractivity contribution >= 4 is 29.9 Å². The van der Waals surface area contributed by atoms with Crippen molar-refractivity contribution in [2.75, 3.05) is 20.2 Å². The molecule has 0 aliphatic heterocycles. The van der Waals surface area contributed by atoms with Gasteiger partial charge in [-0.3, -0.25) is 9.67 Å². The molecular weight excluding hydrogens is 501 g/mol. The van der Waals surface area contributed by atoms with E-state index < -0.39 is 0 Å². The summed E-state index contributed by atoms with van der Waals surface area (Å²) in [6.45, 7) is 5.05. The summed E-state index contributed by atoms with van der Waals surface area (Å²) in [4.78, 5) is 4.32. The van der Waals surface area contributed by atoms with Crippen LogP contribution in [0.1, 0.15) is 36.1 Å². The molecule has 7 heteroatoms. The smallest absolute Gasteiger partial charge is 0.191 e. The number of ether oxygens (including phenoxy) is 1. The summed E-state index contributed by atoms with van der Waals surface area (Å²) in [7, 11) is 1.79. The van der Waals surface area contributed by atoms with Crippen molar-refractivity contribution < 1.29 is 4.74 Å². The highest BCUT2D eigenvalue weighted by Gasteiger charge is 2.06. The van der Waals surface area contributed by atoms with E-state index in [9.17, 15) is 0 Å². The van der Waals surface area contributed by atoms with Crippen LogP contribution in [0.3, 0.4) is 0 Å². The van der Waals surface area contributed by atoms with E-state index in [1.54, 1.807) is 13.2 Å². The minimum atomic E-state index is 0. The summed E-state index contributed by atoms with van der Waals surface area (Å²) in [5.74, 6) is 0.792. The quantitative estimate of drug-likeness (QED) is 0.176. The zero-order chi connectivity index (χ0) is 21.0. The number of guanidine groups is 1. The molecule has 0 aliphatic rings. The highest BCUT2D eigenvalue weighted by atomic mass is 127. The average molecular weight is 533 g/mol. The minimum Gasteiger partial charge on any atom is -0.374 e. The van der Waals surface area contributed by atoms with E-state index in [-0.39, 0.29) is 30.1 Å². The summed E-state index contributed by atoms with van der Waals surface area (Å²) in [6.07, 6.45) is 4.80. The lowest BCUT2D eigenvalue weighted by Crippen LogP contribution is -2.37. The number of hydrogen-bond donors (Lipinski definition) is 2. The van der Waals surface area contributed by atoms with Gasteiger partial charge in [0.25, 0.3) is 0 Å². The molecule has 3 aromatic rings. The number of hydrogen-bond acceptors (Lipinski definition) is 3. The molecule has 31 heavy (non-hydrogen) atoms. The normalized spacial score (nSPS) is 12.1. The van der Waals surface area contributed by atoms with Crippen LogP contribution in [0.15, 0.2) is 78.0 Å². The van der Waals surface area contributed by atoms with Gasteiger partial charge in [0.15, 0.2) is 5.96 Å². The van der Waals surface area contributed by atoms with E-state index in [0.717, 1.165) is 25.5 Å². The van der Waals surface area contributed by atoms with Crippen molar-refractivity contribution in [3.63, 3.8) is 0 Å². The first-order valence-corrected chi connectivity index (χ1v) is 10.4. The molecule has 0 spiro atoms. The molecule has 3 rings (SSSR count). The van der Waals surface area contributed by atoms with Gasteiger partial charge in [-0.1, -0.05) is 54.6 Å². The third kappa shape index (κ3) is 8.34. The summed E-state index contributed by atoms with van der Waals surface area (Å²) >= 11 is 0. The highest BCUT2D eigenvalue weighted by molar-refractivity contribution is 14.0. The van der Waals surface area contributed by atoms with E-state index in [1.807, 2.05) is 35.1 Å². The second-order valence-corrected chi connectivity index (χ2v) is 7.10. The SMILES string of the molecule is CN=C(NCCCOC(C)c1ccccc1)NCc1ccccc1Cn1cccn1.I. The van der Waals surface area contributed by atoms with Crippen molar-refractivity contribution in [3.05, 3.63) is 89.7 Å². The summed E-state index contributed by atoms with van der Waals surface area (Å²) in [6, 6.07) is 20.6. The molecule has 2 N–H and O–H groups in total. The monoisotopic (exact) mass is 533 g/mol. The van der Waals surface area contributed by atoms with Crippen molar-refractivity contribution in [2.45, 2.75) is 32.5 Å². The second kappa shape index (κ2) is 13.8. The lowest BCUT2D eigenvalue weighted by atomic mass is 10.1. The molecule has 1 atom stereocenters. The Morgan fingerprint density at radius 1 is 1.03 bits per heavy atom. The number of aromatic nitrogens is 2. The van der Waals surface area contributed by atoms with Crippen LogP contribution in [0.5, 0.6) is 0 Å². The first kappa shape index (κ1) is 24.9. The average Bonchev–Trinajstić information content (AvgIpc) is 3.30. The van der Waals surface area contributed by atoms with E-state index in [1.165, 1.54) is 16.7 Å². The summed E-state index contributed by atoms with van der Waals surface area (Å²) < 4.78 is 7.86. The van der Waals surface area contributed by atoms with E-state index in [0.29, 0.717) is 13.2 Å². The largest absolute Gasteiger partial charge is 0.374 e. The predicted molar refractivity (Wildman–Crippen MR) is 137 cm³/mol. The molecule has 0 saturated carbocycles. The van der Waals surface area contributed by atoms with Crippen molar-refractivity contribution in [1.82, 2.24) is 20.4 Å². The molecule has 166 valence electrons. The fourth-order valence-electron chi connectivity index (χ4n) is 3.21. The Balaban J connectivity index is 0.00000341. The number of rotatable bonds is 10. The van der Waals surface area contributed by atoms with Gasteiger partial charge in [-0.2, -0.15) is 5.10 Å². The zero-order valence-corrected chi connectivity index (χ0v) is 20.5. The maximum atomic E-state index is 5.93. The van der Waals surface area contributed by atoms with Gasteiger partial charge in [-0.15, -0.1) is 24.0 Å². The number of benzene rings is 2. The molecule has 0 fully saturated rings. The predicted octanol–water partition coefficient (Wildman–Crippen LogP) is 4.38. The van der Waals surface area contributed by atoms with Crippen LogP contribution in [0, 0.1) is 0 Å². The molecule has 0 radical (unpaired) electrons. The van der Waals surface area contributed by atoms with Gasteiger partial charge in [0.2, 0.25) is 0 Å². The molecule has 2 aromatic carbocycles. The molecular formula is C24H32IN5O. The van der Waals surface area contributed by atoms with Gasteiger partial charge in [-0.05, 0) is 36.1 Å². The van der Waals surface area contributed by atoms with Crippen LogP contribution < -0.4 is 10.6 Å². The molecule has 6 nitrogen and oxygen atoms in total. The van der Waals surface area contributed by atoms with E-state index in [4.69, 9.17) is 4.74 Å². The van der Waals surface area contributed by atoms with Gasteiger partial charge >= 0.3 is 0 Å². The fourth-order valence-corrected chi connectivity index (χ4v) is 3.21. The Hall–Kier alpha value is -2.39. The highest BCUT2D eigenvalue weighted by Crippen LogP contribution is 2.15. The van der Waals surface area contributed by atoms with Gasteiger partial charge in [0.1, 0.15) is 0 Å².